The number of methoxy groups -OCH3 is 2. The molecule has 18 nitrogen and oxygen atoms in total. The molecule has 0 bridgehead atoms. The fraction of sp³-hybridized carbons (Fsp3) is 0.362. The second-order valence-electron chi connectivity index (χ2n) is 20.3. The van der Waals surface area contributed by atoms with E-state index in [9.17, 15) is 28.8 Å². The Morgan fingerprint density at radius 2 is 1.37 bits per heavy atom. The van der Waals surface area contributed by atoms with Gasteiger partial charge in [0.05, 0.1) is 48.8 Å². The third-order valence-corrected chi connectivity index (χ3v) is 17.4. The first-order chi connectivity index (χ1) is 37.5. The molecule has 0 radical (unpaired) electrons. The van der Waals surface area contributed by atoms with Crippen molar-refractivity contribution in [1.29, 1.82) is 0 Å². The standard InChI is InChI=1S/C58H64N8O10S2/c1-33(62-53(68)17-18-58(3,4)78-77-19-11-16-52(59)67)54(69)63-34(2)55(70)64-39-21-35(31-75-50-27-44-42(25-48(50)73-5)56(71)65-40(29-60-44)23-37-12-7-9-14-46(37)65)20-36(22-39)32-76-51-28-45-43(26-49(51)74-6)57(72)66-41(30-61-45)24-38-13-8-10-15-47(38)66/h7-10,12-15,20-22,25-29,33-34,40-41,61H,11,16-19,23-24,30-32H2,1-6H3,(H2,59,67)(H,62,68)(H,63,69)(H,64,70)/t33-,34+,40-,41-/m0/s1. The number of para-hydroxylation sites is 2. The van der Waals surface area contributed by atoms with Crippen molar-refractivity contribution in [2.24, 2.45) is 10.7 Å². The molecule has 0 spiro atoms. The maximum absolute atomic E-state index is 14.1. The number of amides is 6. The first kappa shape index (κ1) is 55.1. The van der Waals surface area contributed by atoms with Crippen molar-refractivity contribution in [2.75, 3.05) is 47.0 Å². The summed E-state index contributed by atoms with van der Waals surface area (Å²) < 4.78 is 24.2. The van der Waals surface area contributed by atoms with Crippen LogP contribution in [0.5, 0.6) is 23.0 Å². The van der Waals surface area contributed by atoms with E-state index in [0.717, 1.165) is 34.7 Å². The largest absolute Gasteiger partial charge is 0.493 e. The van der Waals surface area contributed by atoms with Crippen LogP contribution >= 0.6 is 21.6 Å². The highest BCUT2D eigenvalue weighted by Crippen LogP contribution is 2.44. The lowest BCUT2D eigenvalue weighted by Crippen LogP contribution is -2.50. The normalized spacial score (nSPS) is 16.6. The topological polar surface area (TPSA) is 232 Å². The molecule has 0 saturated carbocycles. The van der Waals surface area contributed by atoms with Crippen molar-refractivity contribution in [3.63, 3.8) is 0 Å². The van der Waals surface area contributed by atoms with Gasteiger partial charge in [0.25, 0.3) is 11.8 Å². The Balaban J connectivity index is 0.901. The Bertz CT molecular complexity index is 3190. The molecule has 0 aliphatic carbocycles. The summed E-state index contributed by atoms with van der Waals surface area (Å²) in [6.45, 7) is 7.68. The highest BCUT2D eigenvalue weighted by atomic mass is 33.1. The molecule has 78 heavy (non-hydrogen) atoms. The highest BCUT2D eigenvalue weighted by Gasteiger charge is 2.39. The molecule has 9 rings (SSSR count). The highest BCUT2D eigenvalue weighted by molar-refractivity contribution is 8.77. The minimum absolute atomic E-state index is 0.00309. The molecular weight excluding hydrogens is 1030 g/mol. The number of primary amides is 1. The number of benzene rings is 5. The lowest BCUT2D eigenvalue weighted by molar-refractivity contribution is -0.130. The SMILES string of the molecule is COc1cc2c(cc1OCc1cc(COc3cc4c(cc3OC)C(=O)N3c5ccccc5C[C@H]3CN4)cc(NC(=O)[C@@H](C)NC(=O)[C@H](C)NC(=O)CCC(C)(C)SSCCCC(N)=O)c1)N=C[C@@H]1Cc3ccccc3N1C2=O. The summed E-state index contributed by atoms with van der Waals surface area (Å²) in [6.07, 6.45) is 4.92. The van der Waals surface area contributed by atoms with Gasteiger partial charge >= 0.3 is 0 Å². The summed E-state index contributed by atoms with van der Waals surface area (Å²) in [4.78, 5) is 87.8. The number of nitrogens with zero attached hydrogens (tertiary/aromatic N) is 3. The predicted molar refractivity (Wildman–Crippen MR) is 305 cm³/mol. The summed E-state index contributed by atoms with van der Waals surface area (Å²) in [5.41, 5.74) is 12.7. The molecule has 408 valence electrons. The average Bonchev–Trinajstić information content (AvgIpc) is 3.97. The van der Waals surface area contributed by atoms with E-state index < -0.39 is 23.9 Å². The van der Waals surface area contributed by atoms with Gasteiger partial charge in [-0.15, -0.1) is 0 Å². The fourth-order valence-electron chi connectivity index (χ4n) is 9.92. The van der Waals surface area contributed by atoms with Gasteiger partial charge in [0.15, 0.2) is 23.0 Å². The summed E-state index contributed by atoms with van der Waals surface area (Å²) in [6, 6.07) is 25.6. The van der Waals surface area contributed by atoms with E-state index in [1.54, 1.807) is 82.9 Å². The molecule has 0 fully saturated rings. The van der Waals surface area contributed by atoms with Crippen LogP contribution in [0.15, 0.2) is 96.0 Å². The average molecular weight is 1100 g/mol. The number of hydrogen-bond donors (Lipinski definition) is 5. The molecule has 0 aromatic heterocycles. The minimum atomic E-state index is -1.02. The zero-order valence-corrected chi connectivity index (χ0v) is 46.1. The van der Waals surface area contributed by atoms with Gasteiger partial charge in [-0.25, -0.2) is 0 Å². The number of carbonyl (C=O) groups is 6. The summed E-state index contributed by atoms with van der Waals surface area (Å²) >= 11 is 0. The molecule has 4 atom stereocenters. The van der Waals surface area contributed by atoms with Crippen molar-refractivity contribution in [1.82, 2.24) is 10.6 Å². The van der Waals surface area contributed by atoms with Gasteiger partial charge in [-0.1, -0.05) is 58.0 Å². The summed E-state index contributed by atoms with van der Waals surface area (Å²) in [5, 5.41) is 11.9. The van der Waals surface area contributed by atoms with Crippen LogP contribution in [0.4, 0.5) is 28.4 Å². The van der Waals surface area contributed by atoms with Crippen molar-refractivity contribution in [3.8, 4) is 23.0 Å². The number of nitrogens with one attached hydrogen (secondary N) is 4. The van der Waals surface area contributed by atoms with Gasteiger partial charge in [-0.05, 0) is 112 Å². The number of nitrogens with two attached hydrogens (primary N) is 1. The van der Waals surface area contributed by atoms with E-state index in [1.807, 2.05) is 73.3 Å². The van der Waals surface area contributed by atoms with Crippen LogP contribution in [0.3, 0.4) is 0 Å². The number of carbonyl (C=O) groups excluding carboxylic acids is 6. The van der Waals surface area contributed by atoms with Crippen LogP contribution in [-0.2, 0) is 45.2 Å². The van der Waals surface area contributed by atoms with Crippen molar-refractivity contribution in [3.05, 3.63) is 124 Å². The van der Waals surface area contributed by atoms with Gasteiger partial charge in [0.1, 0.15) is 25.3 Å². The molecule has 5 aromatic carbocycles. The number of hydrogen-bond acceptors (Lipinski definition) is 14. The van der Waals surface area contributed by atoms with Crippen molar-refractivity contribution in [2.45, 2.75) is 108 Å². The van der Waals surface area contributed by atoms with Crippen LogP contribution in [0.2, 0.25) is 0 Å². The number of rotatable bonds is 22. The van der Waals surface area contributed by atoms with Gasteiger partial charge in [0, 0.05) is 71.7 Å². The predicted octanol–water partition coefficient (Wildman–Crippen LogP) is 8.30. The number of aliphatic imine (C=N–C) groups is 1. The second kappa shape index (κ2) is 23.9. The fourth-order valence-corrected chi connectivity index (χ4v) is 12.6. The summed E-state index contributed by atoms with van der Waals surface area (Å²) in [5.74, 6) is 0.127. The van der Waals surface area contributed by atoms with E-state index >= 15 is 0 Å². The van der Waals surface area contributed by atoms with Gasteiger partial charge < -0.3 is 50.8 Å². The Morgan fingerprint density at radius 3 is 2.05 bits per heavy atom. The molecule has 0 saturated heterocycles. The van der Waals surface area contributed by atoms with Gasteiger partial charge in [0.2, 0.25) is 23.6 Å². The minimum Gasteiger partial charge on any atom is -0.493 e. The number of fused-ring (bicyclic) bond motifs is 8. The quantitative estimate of drug-likeness (QED) is 0.0325. The van der Waals surface area contributed by atoms with Crippen LogP contribution in [0.1, 0.15) is 96.3 Å². The molecule has 4 aliphatic rings. The Morgan fingerprint density at radius 1 is 0.756 bits per heavy atom. The molecule has 20 heteroatoms. The molecular formula is C58H64N8O10S2. The second-order valence-corrected chi connectivity index (χ2v) is 23.4. The van der Waals surface area contributed by atoms with Crippen LogP contribution in [0, 0.1) is 0 Å². The van der Waals surface area contributed by atoms with Crippen molar-refractivity contribution < 1.29 is 47.7 Å². The van der Waals surface area contributed by atoms with E-state index in [1.165, 1.54) is 14.2 Å². The van der Waals surface area contributed by atoms with Gasteiger partial charge in [-0.2, -0.15) is 0 Å². The first-order valence-electron chi connectivity index (χ1n) is 25.9. The first-order valence-corrected chi connectivity index (χ1v) is 28.2. The third-order valence-electron chi connectivity index (χ3n) is 14.0. The van der Waals surface area contributed by atoms with E-state index in [-0.39, 0.29) is 60.1 Å². The van der Waals surface area contributed by atoms with E-state index in [2.05, 4.69) is 21.3 Å². The molecule has 6 N–H and O–H groups in total. The van der Waals surface area contributed by atoms with Crippen LogP contribution in [-0.4, -0.2) is 97.1 Å². The molecule has 5 aromatic rings. The monoisotopic (exact) mass is 1100 g/mol. The molecule has 6 amide bonds. The zero-order valence-electron chi connectivity index (χ0n) is 44.4. The molecule has 0 unspecified atom stereocenters. The lowest BCUT2D eigenvalue weighted by atomic mass is 10.1. The van der Waals surface area contributed by atoms with E-state index in [4.69, 9.17) is 29.7 Å². The van der Waals surface area contributed by atoms with E-state index in [0.29, 0.717) is 94.5 Å². The number of anilines is 4. The maximum atomic E-state index is 14.1. The van der Waals surface area contributed by atoms with Crippen LogP contribution in [0.25, 0.3) is 0 Å². The summed E-state index contributed by atoms with van der Waals surface area (Å²) in [7, 11) is 6.27. The van der Waals surface area contributed by atoms with Crippen LogP contribution < -0.4 is 55.7 Å². The lowest BCUT2D eigenvalue weighted by Gasteiger charge is -2.23. The smallest absolute Gasteiger partial charge is 0.261 e. The zero-order chi connectivity index (χ0) is 55.3. The number of ether oxygens (including phenoxy) is 4. The van der Waals surface area contributed by atoms with Crippen molar-refractivity contribution >= 4 is 91.7 Å². The molecule has 4 aliphatic heterocycles. The maximum Gasteiger partial charge on any atom is 0.261 e. The van der Waals surface area contributed by atoms with Gasteiger partial charge in [-0.3, -0.25) is 38.7 Å². The molecule has 4 heterocycles. The third kappa shape index (κ3) is 12.5. The Labute approximate surface area is 461 Å². The Hall–Kier alpha value is -7.71. The Kier molecular flexibility index (Phi) is 16.9.